The number of rotatable bonds is 19. The lowest BCUT2D eigenvalue weighted by atomic mass is 10.1. The van der Waals surface area contributed by atoms with Gasteiger partial charge >= 0.3 is 0 Å². The van der Waals surface area contributed by atoms with E-state index >= 15 is 0 Å². The first kappa shape index (κ1) is 24.3. The van der Waals surface area contributed by atoms with Gasteiger partial charge in [-0.1, -0.05) is 70.8 Å². The third kappa shape index (κ3) is 15.0. The first-order valence-electron chi connectivity index (χ1n) is 10.8. The van der Waals surface area contributed by atoms with E-state index in [2.05, 4.69) is 25.3 Å². The van der Waals surface area contributed by atoms with E-state index < -0.39 is 0 Å². The van der Waals surface area contributed by atoms with Gasteiger partial charge in [-0.25, -0.2) is 0 Å². The summed E-state index contributed by atoms with van der Waals surface area (Å²) in [7, 11) is 0. The van der Waals surface area contributed by atoms with Crippen LogP contribution in [0.1, 0.15) is 71.1 Å². The Morgan fingerprint density at radius 1 is 0.704 bits per heavy atom. The van der Waals surface area contributed by atoms with Gasteiger partial charge in [0.2, 0.25) is 0 Å². The van der Waals surface area contributed by atoms with Crippen LogP contribution in [-0.2, 0) is 9.47 Å². The molecule has 0 spiro atoms. The fraction of sp³-hybridized carbons (Fsp3) is 0.739. The third-order valence-corrected chi connectivity index (χ3v) is 5.28. The van der Waals surface area contributed by atoms with Crippen molar-refractivity contribution < 1.29 is 14.2 Å². The summed E-state index contributed by atoms with van der Waals surface area (Å²) in [6.45, 7) is 5.64. The molecular weight excluding hydrogens is 356 g/mol. The lowest BCUT2D eigenvalue weighted by molar-refractivity contribution is 0.0352. The fourth-order valence-corrected chi connectivity index (χ4v) is 3.37. The molecule has 0 radical (unpaired) electrons. The Bertz CT molecular complexity index is 439. The molecule has 1 aromatic carbocycles. The van der Waals surface area contributed by atoms with Crippen LogP contribution in [0.2, 0.25) is 0 Å². The van der Waals surface area contributed by atoms with Gasteiger partial charge in [-0.2, -0.15) is 0 Å². The summed E-state index contributed by atoms with van der Waals surface area (Å²) in [6.07, 6.45) is 15.7. The Kier molecular flexibility index (Phi) is 16.8. The maximum Gasteiger partial charge on any atom is 0.120 e. The molecule has 0 saturated heterocycles. The number of benzene rings is 1. The summed E-state index contributed by atoms with van der Waals surface area (Å²) >= 11 is 1.72. The van der Waals surface area contributed by atoms with Crippen molar-refractivity contribution in [2.24, 2.45) is 0 Å². The molecule has 0 aromatic heterocycles. The van der Waals surface area contributed by atoms with Gasteiger partial charge in [-0.3, -0.25) is 0 Å². The molecule has 1 rings (SSSR count). The van der Waals surface area contributed by atoms with Crippen LogP contribution in [-0.4, -0.2) is 39.3 Å². The largest absolute Gasteiger partial charge is 0.491 e. The van der Waals surface area contributed by atoms with Crippen molar-refractivity contribution in [2.45, 2.75) is 76.0 Å². The van der Waals surface area contributed by atoms with Crippen molar-refractivity contribution in [2.75, 3.05) is 39.3 Å². The van der Waals surface area contributed by atoms with E-state index in [1.165, 1.54) is 69.1 Å². The molecule has 0 atom stereocenters. The highest BCUT2D eigenvalue weighted by Crippen LogP contribution is 2.20. The fourth-order valence-electron chi connectivity index (χ4n) is 2.92. The summed E-state index contributed by atoms with van der Waals surface area (Å²) in [6, 6.07) is 8.14. The molecule has 0 heterocycles. The molecule has 0 aliphatic rings. The molecule has 0 amide bonds. The predicted molar refractivity (Wildman–Crippen MR) is 117 cm³/mol. The lowest BCUT2D eigenvalue weighted by Gasteiger charge is -2.08. The van der Waals surface area contributed by atoms with E-state index in [1.807, 2.05) is 12.1 Å². The van der Waals surface area contributed by atoms with Gasteiger partial charge in [0, 0.05) is 11.5 Å². The second-order valence-corrected chi connectivity index (χ2v) is 7.81. The molecule has 156 valence electrons. The Hall–Kier alpha value is -0.710. The minimum atomic E-state index is 0.580. The topological polar surface area (TPSA) is 27.7 Å². The van der Waals surface area contributed by atoms with Crippen molar-refractivity contribution in [3.8, 4) is 5.75 Å². The smallest absolute Gasteiger partial charge is 0.120 e. The van der Waals surface area contributed by atoms with Gasteiger partial charge in [0.25, 0.3) is 0 Å². The van der Waals surface area contributed by atoms with Gasteiger partial charge in [0.05, 0.1) is 19.8 Å². The van der Waals surface area contributed by atoms with Gasteiger partial charge < -0.3 is 14.2 Å². The van der Waals surface area contributed by atoms with Crippen molar-refractivity contribution in [1.29, 1.82) is 0 Å². The average molecular weight is 397 g/mol. The Morgan fingerprint density at radius 2 is 1.30 bits per heavy atom. The molecule has 4 heteroatoms. The van der Waals surface area contributed by atoms with Gasteiger partial charge in [-0.05, 0) is 30.9 Å². The number of hydrogen-bond acceptors (Lipinski definition) is 4. The quantitative estimate of drug-likeness (QED) is 0.191. The lowest BCUT2D eigenvalue weighted by Crippen LogP contribution is -2.11. The molecule has 0 N–H and O–H groups in total. The first-order valence-corrected chi connectivity index (χ1v) is 12.0. The van der Waals surface area contributed by atoms with E-state index in [9.17, 15) is 0 Å². The van der Waals surface area contributed by atoms with Gasteiger partial charge in [-0.15, -0.1) is 11.8 Å². The molecule has 1 aromatic rings. The van der Waals surface area contributed by atoms with Crippen LogP contribution in [0.3, 0.4) is 0 Å². The number of ether oxygens (including phenoxy) is 3. The van der Waals surface area contributed by atoms with Crippen molar-refractivity contribution in [1.82, 2.24) is 0 Å². The molecule has 3 nitrogen and oxygen atoms in total. The number of unbranched alkanes of at least 4 members (excludes halogenated alkanes) is 9. The zero-order valence-corrected chi connectivity index (χ0v) is 18.4. The van der Waals surface area contributed by atoms with Crippen LogP contribution in [0.4, 0.5) is 0 Å². The molecule has 27 heavy (non-hydrogen) atoms. The van der Waals surface area contributed by atoms with Crippen molar-refractivity contribution in [3.05, 3.63) is 24.3 Å². The van der Waals surface area contributed by atoms with Crippen LogP contribution in [0.25, 0.3) is 0 Å². The van der Waals surface area contributed by atoms with Gasteiger partial charge in [0.1, 0.15) is 12.4 Å². The zero-order valence-electron chi connectivity index (χ0n) is 17.5. The van der Waals surface area contributed by atoms with Crippen molar-refractivity contribution >= 4 is 11.8 Å². The number of hydrogen-bond donors (Lipinski definition) is 0. The van der Waals surface area contributed by atoms with Crippen LogP contribution in [0, 0.1) is 0 Å². The second kappa shape index (κ2) is 18.6. The van der Waals surface area contributed by atoms with Crippen molar-refractivity contribution in [3.63, 3.8) is 0 Å². The minimum absolute atomic E-state index is 0.580. The Labute approximate surface area is 171 Å². The first-order chi connectivity index (χ1) is 13.4. The summed E-state index contributed by atoms with van der Waals surface area (Å²) in [5.41, 5.74) is 0. The monoisotopic (exact) mass is 396 g/mol. The SMILES string of the molecule is CCCCCCCCCCCCOCCOCCOc1cccc(SC)c1. The molecule has 0 bridgehead atoms. The molecule has 0 aliphatic heterocycles. The Balaban J connectivity index is 1.76. The molecule has 0 unspecified atom stereocenters. The van der Waals surface area contributed by atoms with E-state index in [0.717, 1.165) is 12.4 Å². The molecule has 0 saturated carbocycles. The maximum atomic E-state index is 5.69. The summed E-state index contributed by atoms with van der Waals surface area (Å²) < 4.78 is 16.9. The van der Waals surface area contributed by atoms with Gasteiger partial charge in [0.15, 0.2) is 0 Å². The van der Waals surface area contributed by atoms with E-state index in [1.54, 1.807) is 11.8 Å². The molecule has 0 fully saturated rings. The highest BCUT2D eigenvalue weighted by atomic mass is 32.2. The van der Waals surface area contributed by atoms with Crippen LogP contribution >= 0.6 is 11.8 Å². The normalized spacial score (nSPS) is 11.0. The van der Waals surface area contributed by atoms with Crippen LogP contribution < -0.4 is 4.74 Å². The highest BCUT2D eigenvalue weighted by molar-refractivity contribution is 7.98. The maximum absolute atomic E-state index is 5.69. The van der Waals surface area contributed by atoms with E-state index in [4.69, 9.17) is 14.2 Å². The van der Waals surface area contributed by atoms with E-state index in [-0.39, 0.29) is 0 Å². The standard InChI is InChI=1S/C23H40O3S/c1-3-4-5-6-7-8-9-10-11-12-16-24-17-18-25-19-20-26-22-14-13-15-23(21-22)27-2/h13-15,21H,3-12,16-20H2,1-2H3. The zero-order chi connectivity index (χ0) is 19.4. The predicted octanol–water partition coefficient (Wildman–Crippen LogP) is 6.74. The average Bonchev–Trinajstić information content (AvgIpc) is 2.70. The Morgan fingerprint density at radius 3 is 1.96 bits per heavy atom. The highest BCUT2D eigenvalue weighted by Gasteiger charge is 1.97. The third-order valence-electron chi connectivity index (χ3n) is 4.55. The summed E-state index contributed by atoms with van der Waals surface area (Å²) in [5.74, 6) is 0.905. The summed E-state index contributed by atoms with van der Waals surface area (Å²) in [5, 5.41) is 0. The minimum Gasteiger partial charge on any atom is -0.491 e. The summed E-state index contributed by atoms with van der Waals surface area (Å²) in [4.78, 5) is 1.22. The van der Waals surface area contributed by atoms with E-state index in [0.29, 0.717) is 26.4 Å². The molecular formula is C23H40O3S. The molecule has 0 aliphatic carbocycles. The number of thioether (sulfide) groups is 1. The van der Waals surface area contributed by atoms with Crippen LogP contribution in [0.5, 0.6) is 5.75 Å². The van der Waals surface area contributed by atoms with Crippen LogP contribution in [0.15, 0.2) is 29.2 Å². The second-order valence-electron chi connectivity index (χ2n) is 6.93.